The second-order valence-corrected chi connectivity index (χ2v) is 13.1. The van der Waals surface area contributed by atoms with Crippen molar-refractivity contribution in [2.45, 2.75) is 46.3 Å². The molecule has 0 aliphatic heterocycles. The van der Waals surface area contributed by atoms with Crippen LogP contribution in [0.2, 0.25) is 0 Å². The minimum atomic E-state index is -0.990. The van der Waals surface area contributed by atoms with Gasteiger partial charge in [-0.3, -0.25) is 6.29 Å². The first-order chi connectivity index (χ1) is 18.7. The number of nitrogens with zero attached hydrogens (tertiary/aromatic N) is 1. The molecule has 0 aliphatic carbocycles. The third-order valence-corrected chi connectivity index (χ3v) is 9.45. The Labute approximate surface area is 254 Å². The maximum atomic E-state index is 10.3. The number of hydrogen-bond acceptors (Lipinski definition) is 3. The molecule has 5 heteroatoms. The van der Waals surface area contributed by atoms with Crippen molar-refractivity contribution in [3.8, 4) is 0 Å². The van der Waals surface area contributed by atoms with E-state index in [4.69, 9.17) is 0 Å². The molecule has 0 fully saturated rings. The molecule has 4 rings (SSSR count). The van der Waals surface area contributed by atoms with E-state index >= 15 is 0 Å². The minimum Gasteiger partial charge on any atom is -0.542 e. The summed E-state index contributed by atoms with van der Waals surface area (Å²) in [6, 6.07) is 42.9. The molecule has 3 unspecified atom stereocenters. The summed E-state index contributed by atoms with van der Waals surface area (Å²) in [5.74, 6) is -0.449. The zero-order valence-corrected chi connectivity index (χ0v) is 26.4. The van der Waals surface area contributed by atoms with Gasteiger partial charge < -0.3 is 16.8 Å². The van der Waals surface area contributed by atoms with Crippen molar-refractivity contribution >= 4 is 25.0 Å². The van der Waals surface area contributed by atoms with E-state index in [0.717, 1.165) is 0 Å². The maximum Gasteiger partial charge on any atom is 0.135 e. The average molecular weight is 601 g/mol. The van der Waals surface area contributed by atoms with E-state index in [0.29, 0.717) is 12.5 Å². The van der Waals surface area contributed by atoms with Crippen molar-refractivity contribution in [1.29, 1.82) is 0 Å². The number of rotatable bonds is 8. The van der Waals surface area contributed by atoms with Crippen molar-refractivity contribution in [3.63, 3.8) is 0 Å². The smallest absolute Gasteiger partial charge is 0.135 e. The van der Waals surface area contributed by atoms with Gasteiger partial charge in [0, 0.05) is 29.9 Å². The molecule has 1 N–H and O–H groups in total. The average Bonchev–Trinajstić information content (AvgIpc) is 3.55. The van der Waals surface area contributed by atoms with Crippen LogP contribution in [-0.4, -0.2) is 29.2 Å². The second kappa shape index (κ2) is 18.8. The quantitative estimate of drug-likeness (QED) is 0.172. The van der Waals surface area contributed by atoms with Crippen molar-refractivity contribution in [3.05, 3.63) is 134 Å². The molecular formula is C35H44CoNO2P-2. The van der Waals surface area contributed by atoms with E-state index in [2.05, 4.69) is 117 Å². The molecular weight excluding hydrogens is 556 g/mol. The maximum absolute atomic E-state index is 10.3. The van der Waals surface area contributed by atoms with Crippen molar-refractivity contribution in [2.24, 2.45) is 11.3 Å². The molecule has 0 aliphatic rings. The monoisotopic (exact) mass is 600 g/mol. The normalized spacial score (nSPS) is 13.0. The van der Waals surface area contributed by atoms with Crippen LogP contribution >= 0.6 is 8.07 Å². The first kappa shape index (κ1) is 35.6. The summed E-state index contributed by atoms with van der Waals surface area (Å²) < 4.78 is 2.55. The van der Waals surface area contributed by atoms with Gasteiger partial charge in [-0.2, -0.15) is 22.9 Å². The summed E-state index contributed by atoms with van der Waals surface area (Å²) in [7, 11) is 1.27. The van der Waals surface area contributed by atoms with Crippen LogP contribution in [0.15, 0.2) is 121 Å². The Morgan fingerprint density at radius 2 is 1.27 bits per heavy atom. The number of aliphatic hydroxyl groups excluding tert-OH is 1. The van der Waals surface area contributed by atoms with Gasteiger partial charge in [-0.15, -0.1) is 5.92 Å². The van der Waals surface area contributed by atoms with Gasteiger partial charge in [0.05, 0.1) is 6.04 Å². The molecule has 3 nitrogen and oxygen atoms in total. The SMILES string of the molecule is CC(c1ccccc1)N(C)[PH+](c1ccccc1)c1ccccc1.[CH2-]CC([C-]=O)C(O)C(C)(C)C.[Co].c1cc[cH-]c1. The fraction of sp³-hybridized carbons (Fsp3) is 0.286. The third kappa shape index (κ3) is 11.6. The predicted molar refractivity (Wildman–Crippen MR) is 170 cm³/mol. The van der Waals surface area contributed by atoms with Crippen LogP contribution < -0.4 is 10.6 Å². The van der Waals surface area contributed by atoms with E-state index < -0.39 is 20.1 Å². The van der Waals surface area contributed by atoms with Gasteiger partial charge in [-0.25, -0.2) is 18.6 Å². The molecule has 40 heavy (non-hydrogen) atoms. The van der Waals surface area contributed by atoms with Gasteiger partial charge in [0.15, 0.2) is 0 Å². The zero-order valence-electron chi connectivity index (χ0n) is 24.3. The first-order valence-corrected chi connectivity index (χ1v) is 14.9. The zero-order chi connectivity index (χ0) is 28.7. The Morgan fingerprint density at radius 1 is 0.850 bits per heavy atom. The Hall–Kier alpha value is -2.46. The Kier molecular flexibility index (Phi) is 16.7. The fourth-order valence-corrected chi connectivity index (χ4v) is 6.82. The summed E-state index contributed by atoms with van der Waals surface area (Å²) in [6.07, 6.45) is 1.56. The molecule has 0 saturated heterocycles. The summed E-state index contributed by atoms with van der Waals surface area (Å²) >= 11 is 0. The molecule has 1 radical (unpaired) electrons. The van der Waals surface area contributed by atoms with Crippen LogP contribution in [0.3, 0.4) is 0 Å². The summed E-state index contributed by atoms with van der Waals surface area (Å²) in [5, 5.41) is 12.4. The molecule has 0 heterocycles. The Bertz CT molecular complexity index is 1090. The van der Waals surface area contributed by atoms with E-state index in [1.165, 1.54) is 16.2 Å². The molecule has 4 aromatic carbocycles. The molecule has 4 aromatic rings. The Balaban J connectivity index is 0.000000392. The van der Waals surface area contributed by atoms with E-state index in [9.17, 15) is 9.90 Å². The molecule has 3 atom stereocenters. The number of benzene rings is 3. The number of hydrogen-bond donors (Lipinski definition) is 1. The van der Waals surface area contributed by atoms with Gasteiger partial charge in [0.2, 0.25) is 0 Å². The molecule has 217 valence electrons. The van der Waals surface area contributed by atoms with Crippen LogP contribution in [0.1, 0.15) is 45.7 Å². The molecule has 0 bridgehead atoms. The van der Waals surface area contributed by atoms with Crippen LogP contribution in [0.5, 0.6) is 0 Å². The van der Waals surface area contributed by atoms with Crippen LogP contribution in [0, 0.1) is 18.3 Å². The van der Waals surface area contributed by atoms with E-state index in [-0.39, 0.29) is 22.2 Å². The molecule has 0 amide bonds. The first-order valence-electron chi connectivity index (χ1n) is 13.5. The van der Waals surface area contributed by atoms with Crippen LogP contribution in [0.25, 0.3) is 0 Å². The predicted octanol–water partition coefficient (Wildman–Crippen LogP) is 7.21. The third-order valence-electron chi connectivity index (χ3n) is 6.60. The summed E-state index contributed by atoms with van der Waals surface area (Å²) in [6.45, 7) is 11.5. The van der Waals surface area contributed by atoms with Gasteiger partial charge in [-0.05, 0) is 42.2 Å². The topological polar surface area (TPSA) is 40.5 Å². The summed E-state index contributed by atoms with van der Waals surface area (Å²) in [4.78, 5) is 10.3. The van der Waals surface area contributed by atoms with Gasteiger partial charge in [0.25, 0.3) is 0 Å². The Morgan fingerprint density at radius 3 is 1.57 bits per heavy atom. The molecule has 0 aromatic heterocycles. The van der Waals surface area contributed by atoms with Gasteiger partial charge in [0.1, 0.15) is 18.7 Å². The van der Waals surface area contributed by atoms with E-state index in [1.54, 1.807) is 6.29 Å². The van der Waals surface area contributed by atoms with Gasteiger partial charge >= 0.3 is 0 Å². The molecule has 0 saturated carbocycles. The summed E-state index contributed by atoms with van der Waals surface area (Å²) in [5.41, 5.74) is 1.10. The largest absolute Gasteiger partial charge is 0.542 e. The van der Waals surface area contributed by atoms with Gasteiger partial charge in [-0.1, -0.05) is 87.5 Å². The van der Waals surface area contributed by atoms with Crippen molar-refractivity contribution in [1.82, 2.24) is 4.67 Å². The fourth-order valence-electron chi connectivity index (χ4n) is 4.12. The standard InChI is InChI=1S/C21H22NP.C9H16O2.C5H5.Co/c1-18(19-12-6-3-7-13-19)22(2)23(20-14-8-4-9-15-20)21-16-10-5-11-17-21;1-5-7(6-10)8(11)9(2,3)4;1-2-4-5-3-1;/h3-18H,1-2H3;7-8,11H,1,5H2,2-4H3;1-5H;/q;-2;-1;/p+1. The second-order valence-electron chi connectivity index (χ2n) is 10.6. The number of aliphatic hydroxyl groups is 1. The number of carbonyl (C=O) groups excluding carboxylic acids is 1. The van der Waals surface area contributed by atoms with Crippen LogP contribution in [0.4, 0.5) is 0 Å². The van der Waals surface area contributed by atoms with Crippen LogP contribution in [-0.2, 0) is 21.6 Å². The minimum absolute atomic E-state index is 0. The van der Waals surface area contributed by atoms with Crippen molar-refractivity contribution in [2.75, 3.05) is 7.05 Å². The van der Waals surface area contributed by atoms with E-state index in [1.807, 2.05) is 51.1 Å². The van der Waals surface area contributed by atoms with Crippen molar-refractivity contribution < 1.29 is 26.7 Å². The molecule has 0 spiro atoms.